The number of carbonyl (C=O) groups is 3. The van der Waals surface area contributed by atoms with Gasteiger partial charge in [0.25, 0.3) is 0 Å². The lowest BCUT2D eigenvalue weighted by Crippen LogP contribution is -2.58. The molecule has 4 nitrogen and oxygen atoms in total. The number of fused-ring (bicyclic) bond motifs is 5. The molecule has 0 radical (unpaired) electrons. The molecule has 6 atom stereocenters. The van der Waals surface area contributed by atoms with Crippen LogP contribution < -0.4 is 0 Å². The Balaban J connectivity index is 1.82. The maximum absolute atomic E-state index is 12.9. The molecule has 150 valence electrons. The number of carbonyl (C=O) groups excluding carboxylic acids is 3. The smallest absolute Gasteiger partial charge is 0.303 e. The lowest BCUT2D eigenvalue weighted by molar-refractivity contribution is -0.186. The summed E-state index contributed by atoms with van der Waals surface area (Å²) in [6.07, 6.45) is 11.3. The number of ketones is 2. The third kappa shape index (κ3) is 2.26. The highest BCUT2D eigenvalue weighted by molar-refractivity contribution is 6.01. The molecule has 0 unspecified atom stereocenters. The van der Waals surface area contributed by atoms with E-state index < -0.39 is 11.0 Å². The molecule has 0 spiro atoms. The summed E-state index contributed by atoms with van der Waals surface area (Å²) in [6.45, 7) is 9.39. The Morgan fingerprint density at radius 3 is 2.57 bits per heavy atom. The summed E-state index contributed by atoms with van der Waals surface area (Å²) in [5.74, 6) is 0.279. The second-order valence-electron chi connectivity index (χ2n) is 9.66. The molecular weight excluding hydrogens is 352 g/mol. The van der Waals surface area contributed by atoms with E-state index in [2.05, 4.69) is 32.9 Å². The number of Topliss-reactive ketones (excluding diaryl/α,β-unsaturated/α-hetero) is 1. The summed E-state index contributed by atoms with van der Waals surface area (Å²) in [6, 6.07) is 0. The SMILES string of the molecule is CC(=O)O[C@]1(C(C)=O)[C@@H](C)C[C@H]2[C@@H]3CCC4=CC(=O)C=C[C@]4(C)C3=CC[C@@]21C. The van der Waals surface area contributed by atoms with Crippen LogP contribution in [0, 0.1) is 28.6 Å². The average molecular weight is 383 g/mol. The Bertz CT molecular complexity index is 862. The van der Waals surface area contributed by atoms with Crippen molar-refractivity contribution < 1.29 is 19.1 Å². The van der Waals surface area contributed by atoms with E-state index in [4.69, 9.17) is 4.74 Å². The van der Waals surface area contributed by atoms with Crippen molar-refractivity contribution in [2.24, 2.45) is 28.6 Å². The van der Waals surface area contributed by atoms with Crippen LogP contribution in [0.1, 0.15) is 60.3 Å². The molecule has 0 aromatic rings. The maximum atomic E-state index is 12.9. The van der Waals surface area contributed by atoms with E-state index in [-0.39, 0.29) is 34.8 Å². The van der Waals surface area contributed by atoms with Crippen LogP contribution >= 0.6 is 0 Å². The van der Waals surface area contributed by atoms with Gasteiger partial charge in [-0.3, -0.25) is 14.4 Å². The minimum absolute atomic E-state index is 0.00938. The van der Waals surface area contributed by atoms with E-state index >= 15 is 0 Å². The second kappa shape index (κ2) is 6.01. The minimum atomic E-state index is -1.05. The molecule has 4 aliphatic carbocycles. The molecule has 2 saturated carbocycles. The van der Waals surface area contributed by atoms with E-state index in [9.17, 15) is 14.4 Å². The zero-order valence-electron chi connectivity index (χ0n) is 17.5. The van der Waals surface area contributed by atoms with Gasteiger partial charge >= 0.3 is 5.97 Å². The molecule has 0 amide bonds. The third-order valence-corrected chi connectivity index (χ3v) is 8.32. The number of hydrogen-bond acceptors (Lipinski definition) is 4. The lowest BCUT2D eigenvalue weighted by Gasteiger charge is -2.54. The van der Waals surface area contributed by atoms with Crippen molar-refractivity contribution >= 4 is 17.5 Å². The Kier molecular flexibility index (Phi) is 4.16. The fourth-order valence-corrected chi connectivity index (χ4v) is 7.12. The van der Waals surface area contributed by atoms with Crippen molar-refractivity contribution in [2.75, 3.05) is 0 Å². The van der Waals surface area contributed by atoms with Crippen molar-refractivity contribution in [3.63, 3.8) is 0 Å². The van der Waals surface area contributed by atoms with Crippen LogP contribution in [-0.4, -0.2) is 23.1 Å². The van der Waals surface area contributed by atoms with Crippen LogP contribution in [0.25, 0.3) is 0 Å². The van der Waals surface area contributed by atoms with E-state index in [1.807, 2.05) is 0 Å². The molecule has 4 aliphatic rings. The van der Waals surface area contributed by atoms with Crippen molar-refractivity contribution in [1.82, 2.24) is 0 Å². The van der Waals surface area contributed by atoms with Gasteiger partial charge in [-0.15, -0.1) is 0 Å². The largest absolute Gasteiger partial charge is 0.450 e. The molecule has 0 N–H and O–H groups in total. The summed E-state index contributed by atoms with van der Waals surface area (Å²) >= 11 is 0. The first-order chi connectivity index (χ1) is 13.1. The van der Waals surface area contributed by atoms with Crippen molar-refractivity contribution in [3.8, 4) is 0 Å². The molecule has 4 rings (SSSR count). The van der Waals surface area contributed by atoms with Gasteiger partial charge in [0.2, 0.25) is 0 Å². The zero-order chi connectivity index (χ0) is 20.5. The second-order valence-corrected chi connectivity index (χ2v) is 9.66. The molecule has 2 fully saturated rings. The Hall–Kier alpha value is -1.97. The summed E-state index contributed by atoms with van der Waals surface area (Å²) in [5, 5.41) is 0. The van der Waals surface area contributed by atoms with Crippen LogP contribution in [0.15, 0.2) is 35.5 Å². The Labute approximate surface area is 167 Å². The van der Waals surface area contributed by atoms with Gasteiger partial charge in [-0.05, 0) is 63.5 Å². The predicted octanol–water partition coefficient (Wildman–Crippen LogP) is 4.35. The van der Waals surface area contributed by atoms with Crippen LogP contribution in [0.5, 0.6) is 0 Å². The number of ether oxygens (including phenoxy) is 1. The average Bonchev–Trinajstić information content (AvgIpc) is 2.83. The van der Waals surface area contributed by atoms with Crippen molar-refractivity contribution in [1.29, 1.82) is 0 Å². The Morgan fingerprint density at radius 2 is 1.93 bits per heavy atom. The first-order valence-corrected chi connectivity index (χ1v) is 10.4. The fraction of sp³-hybridized carbons (Fsp3) is 0.625. The molecule has 0 aromatic carbocycles. The normalized spacial score (nSPS) is 44.0. The number of allylic oxidation sites excluding steroid dienone is 6. The minimum Gasteiger partial charge on any atom is -0.450 e. The van der Waals surface area contributed by atoms with E-state index in [0.717, 1.165) is 19.3 Å². The molecule has 0 saturated heterocycles. The van der Waals surface area contributed by atoms with Crippen molar-refractivity contribution in [3.05, 3.63) is 35.5 Å². The quantitative estimate of drug-likeness (QED) is 0.526. The van der Waals surface area contributed by atoms with Gasteiger partial charge < -0.3 is 4.74 Å². The van der Waals surface area contributed by atoms with Gasteiger partial charge in [0.1, 0.15) is 0 Å². The fourth-order valence-electron chi connectivity index (χ4n) is 7.12. The van der Waals surface area contributed by atoms with E-state index in [1.54, 1.807) is 19.1 Å². The van der Waals surface area contributed by atoms with Crippen LogP contribution in [0.4, 0.5) is 0 Å². The van der Waals surface area contributed by atoms with Gasteiger partial charge in [0, 0.05) is 23.7 Å². The molecule has 0 heterocycles. The molecule has 0 bridgehead atoms. The summed E-state index contributed by atoms with van der Waals surface area (Å²) < 4.78 is 5.88. The van der Waals surface area contributed by atoms with Crippen LogP contribution in [0.3, 0.4) is 0 Å². The van der Waals surface area contributed by atoms with Crippen LogP contribution in [-0.2, 0) is 19.1 Å². The first kappa shape index (κ1) is 19.4. The van der Waals surface area contributed by atoms with Gasteiger partial charge in [-0.2, -0.15) is 0 Å². The number of esters is 1. The van der Waals surface area contributed by atoms with Crippen LogP contribution in [0.2, 0.25) is 0 Å². The summed E-state index contributed by atoms with van der Waals surface area (Å²) in [4.78, 5) is 36.8. The molecule has 0 aliphatic heterocycles. The number of rotatable bonds is 2. The Morgan fingerprint density at radius 1 is 1.21 bits per heavy atom. The summed E-state index contributed by atoms with van der Waals surface area (Å²) in [7, 11) is 0. The van der Waals surface area contributed by atoms with Gasteiger partial charge in [0.05, 0.1) is 0 Å². The summed E-state index contributed by atoms with van der Waals surface area (Å²) in [5.41, 5.74) is 0.926. The maximum Gasteiger partial charge on any atom is 0.303 e. The molecule has 28 heavy (non-hydrogen) atoms. The lowest BCUT2D eigenvalue weighted by atomic mass is 9.51. The molecule has 0 aromatic heterocycles. The van der Waals surface area contributed by atoms with Gasteiger partial charge in [-0.25, -0.2) is 0 Å². The van der Waals surface area contributed by atoms with Crippen molar-refractivity contribution in [2.45, 2.75) is 65.9 Å². The van der Waals surface area contributed by atoms with Gasteiger partial charge in [0.15, 0.2) is 17.2 Å². The third-order valence-electron chi connectivity index (χ3n) is 8.32. The first-order valence-electron chi connectivity index (χ1n) is 10.4. The zero-order valence-corrected chi connectivity index (χ0v) is 17.5. The molecule has 4 heteroatoms. The highest BCUT2D eigenvalue weighted by Crippen LogP contribution is 2.67. The number of hydrogen-bond donors (Lipinski definition) is 0. The standard InChI is InChI=1S/C24H30O4/c1-14-12-21-19-7-6-17-13-18(27)8-10-22(17,4)20(19)9-11-23(21,5)24(14,15(2)25)28-16(3)26/h8-10,13-14,19,21H,6-7,11-12H2,1-5H3/t14-,19+,21-,22-,23-,24-/m0/s1. The van der Waals surface area contributed by atoms with E-state index in [1.165, 1.54) is 18.1 Å². The van der Waals surface area contributed by atoms with Gasteiger partial charge in [-0.1, -0.05) is 37.1 Å². The topological polar surface area (TPSA) is 60.4 Å². The monoisotopic (exact) mass is 382 g/mol. The predicted molar refractivity (Wildman–Crippen MR) is 106 cm³/mol. The van der Waals surface area contributed by atoms with E-state index in [0.29, 0.717) is 12.3 Å². The molecular formula is C24H30O4. The highest BCUT2D eigenvalue weighted by Gasteiger charge is 2.69. The highest BCUT2D eigenvalue weighted by atomic mass is 16.6.